The van der Waals surface area contributed by atoms with Crippen molar-refractivity contribution in [2.24, 2.45) is 5.73 Å². The maximum absolute atomic E-state index is 10.8. The summed E-state index contributed by atoms with van der Waals surface area (Å²) in [6, 6.07) is 6.27. The average molecular weight is 250 g/mol. The minimum absolute atomic E-state index is 0.142. The van der Waals surface area contributed by atoms with Crippen LogP contribution in [0.3, 0.4) is 0 Å². The minimum Gasteiger partial charge on any atom is -0.493 e. The van der Waals surface area contributed by atoms with Crippen LogP contribution in [0.5, 0.6) is 11.5 Å². The van der Waals surface area contributed by atoms with Gasteiger partial charge in [0.15, 0.2) is 18.1 Å². The number of ether oxygens (including phenoxy) is 2. The van der Waals surface area contributed by atoms with Gasteiger partial charge in [-0.2, -0.15) is 0 Å². The van der Waals surface area contributed by atoms with Gasteiger partial charge in [0.2, 0.25) is 0 Å². The Kier molecular flexibility index (Phi) is 4.04. The average Bonchev–Trinajstić information content (AvgIpc) is 3.17. The van der Waals surface area contributed by atoms with E-state index in [1.54, 1.807) is 13.2 Å². The van der Waals surface area contributed by atoms with Gasteiger partial charge in [-0.25, -0.2) is 0 Å². The monoisotopic (exact) mass is 250 g/mol. The maximum Gasteiger partial charge on any atom is 0.255 e. The van der Waals surface area contributed by atoms with Crippen molar-refractivity contribution in [1.29, 1.82) is 0 Å². The highest BCUT2D eigenvalue weighted by molar-refractivity contribution is 5.75. The smallest absolute Gasteiger partial charge is 0.255 e. The van der Waals surface area contributed by atoms with Gasteiger partial charge in [-0.15, -0.1) is 0 Å². The first-order valence-electron chi connectivity index (χ1n) is 6.01. The zero-order valence-corrected chi connectivity index (χ0v) is 10.4. The third kappa shape index (κ3) is 3.37. The summed E-state index contributed by atoms with van der Waals surface area (Å²) in [7, 11) is 1.57. The lowest BCUT2D eigenvalue weighted by Crippen LogP contribution is -2.22. The minimum atomic E-state index is -0.498. The van der Waals surface area contributed by atoms with E-state index in [0.29, 0.717) is 24.1 Å². The zero-order valence-electron chi connectivity index (χ0n) is 10.4. The quantitative estimate of drug-likeness (QED) is 0.751. The van der Waals surface area contributed by atoms with Crippen LogP contribution in [-0.2, 0) is 11.3 Å². The van der Waals surface area contributed by atoms with E-state index in [9.17, 15) is 4.79 Å². The predicted octanol–water partition coefficient (Wildman–Crippen LogP) is 0.811. The molecule has 1 aromatic rings. The van der Waals surface area contributed by atoms with Crippen molar-refractivity contribution in [2.45, 2.75) is 25.4 Å². The molecule has 2 rings (SSSR count). The van der Waals surface area contributed by atoms with Gasteiger partial charge < -0.3 is 20.5 Å². The molecule has 0 unspecified atom stereocenters. The lowest BCUT2D eigenvalue weighted by molar-refractivity contribution is -0.119. The van der Waals surface area contributed by atoms with Gasteiger partial charge in [-0.1, -0.05) is 12.1 Å². The van der Waals surface area contributed by atoms with Gasteiger partial charge in [-0.05, 0) is 18.9 Å². The van der Waals surface area contributed by atoms with Crippen LogP contribution in [0.2, 0.25) is 0 Å². The summed E-state index contributed by atoms with van der Waals surface area (Å²) in [5.41, 5.74) is 6.07. The van der Waals surface area contributed by atoms with Gasteiger partial charge in [0.25, 0.3) is 5.91 Å². The molecule has 98 valence electrons. The molecule has 18 heavy (non-hydrogen) atoms. The van der Waals surface area contributed by atoms with Crippen LogP contribution in [0.4, 0.5) is 0 Å². The van der Waals surface area contributed by atoms with E-state index in [2.05, 4.69) is 5.32 Å². The topological polar surface area (TPSA) is 73.6 Å². The highest BCUT2D eigenvalue weighted by Gasteiger charge is 2.21. The molecule has 0 bridgehead atoms. The van der Waals surface area contributed by atoms with Crippen molar-refractivity contribution in [3.8, 4) is 11.5 Å². The number of methoxy groups -OCH3 is 1. The van der Waals surface area contributed by atoms with E-state index in [1.807, 2.05) is 12.1 Å². The molecule has 1 fully saturated rings. The highest BCUT2D eigenvalue weighted by atomic mass is 16.5. The maximum atomic E-state index is 10.8. The van der Waals surface area contributed by atoms with Crippen LogP contribution in [0.1, 0.15) is 18.4 Å². The lowest BCUT2D eigenvalue weighted by atomic mass is 10.2. The normalized spacial score (nSPS) is 14.3. The van der Waals surface area contributed by atoms with Gasteiger partial charge in [0, 0.05) is 18.2 Å². The van der Waals surface area contributed by atoms with Crippen molar-refractivity contribution < 1.29 is 14.3 Å². The predicted molar refractivity (Wildman–Crippen MR) is 67.5 cm³/mol. The molecule has 1 aromatic carbocycles. The standard InChI is InChI=1S/C13H18N2O3/c1-17-11-4-2-3-9(7-15-10-5-6-10)13(11)18-8-12(14)16/h2-4,10,15H,5-8H2,1H3,(H2,14,16). The fourth-order valence-electron chi connectivity index (χ4n) is 1.71. The first-order chi connectivity index (χ1) is 8.70. The molecule has 0 heterocycles. The molecule has 0 radical (unpaired) electrons. The Hall–Kier alpha value is -1.75. The number of carbonyl (C=O) groups is 1. The van der Waals surface area contributed by atoms with E-state index < -0.39 is 5.91 Å². The third-order valence-corrected chi connectivity index (χ3v) is 2.80. The van der Waals surface area contributed by atoms with Gasteiger partial charge >= 0.3 is 0 Å². The molecule has 1 aliphatic rings. The van der Waals surface area contributed by atoms with Gasteiger partial charge in [0.1, 0.15) is 0 Å². The number of hydrogen-bond acceptors (Lipinski definition) is 4. The summed E-state index contributed by atoms with van der Waals surface area (Å²) in [4.78, 5) is 10.8. The second kappa shape index (κ2) is 5.73. The fourth-order valence-corrected chi connectivity index (χ4v) is 1.71. The molecular formula is C13H18N2O3. The Morgan fingerprint density at radius 3 is 2.89 bits per heavy atom. The molecule has 0 saturated heterocycles. The first kappa shape index (κ1) is 12.7. The summed E-state index contributed by atoms with van der Waals surface area (Å²) < 4.78 is 10.7. The molecule has 5 heteroatoms. The van der Waals surface area contributed by atoms with E-state index in [-0.39, 0.29) is 6.61 Å². The number of carbonyl (C=O) groups excluding carboxylic acids is 1. The molecule has 0 spiro atoms. The second-order valence-electron chi connectivity index (χ2n) is 4.36. The number of nitrogens with one attached hydrogen (secondary N) is 1. The van der Waals surface area contributed by atoms with E-state index >= 15 is 0 Å². The Morgan fingerprint density at radius 2 is 2.28 bits per heavy atom. The first-order valence-corrected chi connectivity index (χ1v) is 6.01. The van der Waals surface area contributed by atoms with Gasteiger partial charge in [0.05, 0.1) is 7.11 Å². The van der Waals surface area contributed by atoms with Crippen LogP contribution >= 0.6 is 0 Å². The fraction of sp³-hybridized carbons (Fsp3) is 0.462. The van der Waals surface area contributed by atoms with Crippen molar-refractivity contribution in [3.63, 3.8) is 0 Å². The summed E-state index contributed by atoms with van der Waals surface area (Å²) in [6.07, 6.45) is 2.45. The SMILES string of the molecule is COc1cccc(CNC2CC2)c1OCC(N)=O. The second-order valence-corrected chi connectivity index (χ2v) is 4.36. The third-order valence-electron chi connectivity index (χ3n) is 2.80. The molecule has 0 aromatic heterocycles. The number of para-hydroxylation sites is 1. The molecule has 1 saturated carbocycles. The zero-order chi connectivity index (χ0) is 13.0. The molecule has 5 nitrogen and oxygen atoms in total. The van der Waals surface area contributed by atoms with E-state index in [1.165, 1.54) is 12.8 Å². The number of rotatable bonds is 7. The van der Waals surface area contributed by atoms with Crippen LogP contribution < -0.4 is 20.5 Å². The number of primary amides is 1. The van der Waals surface area contributed by atoms with Crippen molar-refractivity contribution in [1.82, 2.24) is 5.32 Å². The number of benzene rings is 1. The van der Waals surface area contributed by atoms with Crippen LogP contribution in [0.25, 0.3) is 0 Å². The summed E-state index contributed by atoms with van der Waals surface area (Å²) in [5.74, 6) is 0.709. The van der Waals surface area contributed by atoms with Crippen molar-refractivity contribution in [2.75, 3.05) is 13.7 Å². The Balaban J connectivity index is 2.10. The van der Waals surface area contributed by atoms with E-state index in [4.69, 9.17) is 15.2 Å². The molecule has 3 N–H and O–H groups in total. The Bertz CT molecular complexity index is 430. The molecule has 0 aliphatic heterocycles. The van der Waals surface area contributed by atoms with Crippen molar-refractivity contribution >= 4 is 5.91 Å². The highest BCUT2D eigenvalue weighted by Crippen LogP contribution is 2.31. The Labute approximate surface area is 106 Å². The Morgan fingerprint density at radius 1 is 1.50 bits per heavy atom. The summed E-state index contributed by atoms with van der Waals surface area (Å²) >= 11 is 0. The molecule has 0 atom stereocenters. The van der Waals surface area contributed by atoms with Crippen LogP contribution in [0, 0.1) is 0 Å². The van der Waals surface area contributed by atoms with Crippen LogP contribution in [0.15, 0.2) is 18.2 Å². The molecule has 1 amide bonds. The number of nitrogens with two attached hydrogens (primary N) is 1. The summed E-state index contributed by atoms with van der Waals surface area (Å²) in [6.45, 7) is 0.562. The molecular weight excluding hydrogens is 232 g/mol. The lowest BCUT2D eigenvalue weighted by Gasteiger charge is -2.14. The largest absolute Gasteiger partial charge is 0.493 e. The van der Waals surface area contributed by atoms with Gasteiger partial charge in [-0.3, -0.25) is 4.79 Å². The number of hydrogen-bond donors (Lipinski definition) is 2. The number of amides is 1. The molecule has 1 aliphatic carbocycles. The van der Waals surface area contributed by atoms with Crippen molar-refractivity contribution in [3.05, 3.63) is 23.8 Å². The van der Waals surface area contributed by atoms with Crippen LogP contribution in [-0.4, -0.2) is 25.7 Å². The summed E-state index contributed by atoms with van der Waals surface area (Å²) in [5, 5.41) is 3.40. The van der Waals surface area contributed by atoms with E-state index in [0.717, 1.165) is 5.56 Å².